The summed E-state index contributed by atoms with van der Waals surface area (Å²) in [5, 5.41) is 23.9. The maximum atomic E-state index is 12.4. The van der Waals surface area contributed by atoms with Crippen molar-refractivity contribution in [2.75, 3.05) is 7.11 Å². The molecule has 2 N–H and O–H groups in total. The molecule has 1 aliphatic heterocycles. The number of fused-ring (bicyclic) bond motifs is 1. The summed E-state index contributed by atoms with van der Waals surface area (Å²) in [6, 6.07) is 11.8. The van der Waals surface area contributed by atoms with E-state index < -0.39 is 22.2 Å². The van der Waals surface area contributed by atoms with Crippen LogP contribution in [0, 0.1) is 0 Å². The molecule has 27 heavy (non-hydrogen) atoms. The van der Waals surface area contributed by atoms with E-state index >= 15 is 0 Å². The number of ether oxygens (including phenoxy) is 1. The number of carbonyl (C=O) groups is 2. The lowest BCUT2D eigenvalue weighted by atomic mass is 9.97. The molecule has 1 heterocycles. The molecule has 7 nitrogen and oxygen atoms in total. The Morgan fingerprint density at radius 2 is 1.63 bits per heavy atom. The number of hydrogen-bond donors (Lipinski definition) is 2. The number of carbonyl (C=O) groups excluding carboxylic acids is 1. The zero-order valence-corrected chi connectivity index (χ0v) is 15.6. The molecule has 1 amide bonds. The molecule has 0 aromatic heterocycles. The zero-order chi connectivity index (χ0) is 20.0. The van der Waals surface area contributed by atoms with Gasteiger partial charge in [-0.15, -0.1) is 0 Å². The predicted molar refractivity (Wildman–Crippen MR) is 102 cm³/mol. The second-order valence-corrected chi connectivity index (χ2v) is 7.31. The number of hydrogen-bond acceptors (Lipinski definition) is 5. The first-order valence-electron chi connectivity index (χ1n) is 8.37. The van der Waals surface area contributed by atoms with E-state index in [2.05, 4.69) is 5.10 Å². The molecule has 0 aliphatic carbocycles. The van der Waals surface area contributed by atoms with Crippen LogP contribution in [-0.2, 0) is 9.53 Å². The third-order valence-electron chi connectivity index (χ3n) is 4.68. The van der Waals surface area contributed by atoms with Crippen molar-refractivity contribution in [3.63, 3.8) is 0 Å². The van der Waals surface area contributed by atoms with E-state index in [1.54, 1.807) is 63.2 Å². The lowest BCUT2D eigenvalue weighted by molar-refractivity contribution is -0.132. The molecule has 140 valence electrons. The average Bonchev–Trinajstić information content (AvgIpc) is 2.97. The monoisotopic (exact) mass is 369 g/mol. The van der Waals surface area contributed by atoms with Crippen LogP contribution in [0.3, 0.4) is 0 Å². The number of methoxy groups -OCH3 is 1. The average molecular weight is 369 g/mol. The summed E-state index contributed by atoms with van der Waals surface area (Å²) in [5.41, 5.74) is 1.51. The van der Waals surface area contributed by atoms with Gasteiger partial charge in [-0.25, -0.2) is 4.79 Å². The van der Waals surface area contributed by atoms with Crippen LogP contribution in [0.25, 0.3) is 11.1 Å². The van der Waals surface area contributed by atoms with Gasteiger partial charge in [-0.3, -0.25) is 0 Å². The van der Waals surface area contributed by atoms with E-state index in [1.807, 2.05) is 0 Å². The number of nitrogens with zero attached hydrogens (tertiary/aromatic N) is 2. The second-order valence-electron chi connectivity index (χ2n) is 7.31. The summed E-state index contributed by atoms with van der Waals surface area (Å²) in [6.45, 7) is 5.26. The third-order valence-corrected chi connectivity index (χ3v) is 4.68. The molecule has 2 aromatic carbocycles. The fourth-order valence-corrected chi connectivity index (χ4v) is 3.28. The molecule has 0 saturated carbocycles. The quantitative estimate of drug-likeness (QED) is 0.621. The summed E-state index contributed by atoms with van der Waals surface area (Å²) >= 11 is 0. The van der Waals surface area contributed by atoms with Crippen LogP contribution in [-0.4, -0.2) is 40.6 Å². The highest BCUT2D eigenvalue weighted by Crippen LogP contribution is 2.44. The van der Waals surface area contributed by atoms with Gasteiger partial charge in [0.1, 0.15) is 11.3 Å². The van der Waals surface area contributed by atoms with Crippen molar-refractivity contribution in [3.05, 3.63) is 48.0 Å². The van der Waals surface area contributed by atoms with Crippen LogP contribution in [0.1, 0.15) is 26.3 Å². The minimum atomic E-state index is -1.19. The third kappa shape index (κ3) is 2.76. The number of esters is 1. The van der Waals surface area contributed by atoms with Crippen LogP contribution >= 0.6 is 0 Å². The number of quaternary nitrogens is 1. The Morgan fingerprint density at radius 3 is 2.15 bits per heavy atom. The molecule has 1 unspecified atom stereocenters. The van der Waals surface area contributed by atoms with Crippen molar-refractivity contribution in [2.24, 2.45) is 5.10 Å². The number of benzene rings is 2. The molecule has 2 aromatic rings. The molecule has 0 spiro atoms. The number of aromatic hydroxyl groups is 1. The highest BCUT2D eigenvalue weighted by atomic mass is 16.5. The molecule has 7 heteroatoms. The van der Waals surface area contributed by atoms with Gasteiger partial charge in [-0.1, -0.05) is 27.9 Å². The van der Waals surface area contributed by atoms with Gasteiger partial charge in [0.15, 0.2) is 5.69 Å². The zero-order valence-electron chi connectivity index (χ0n) is 15.6. The van der Waals surface area contributed by atoms with Gasteiger partial charge in [-0.2, -0.15) is 4.79 Å². The molecule has 0 radical (unpaired) electrons. The molecule has 0 saturated heterocycles. The van der Waals surface area contributed by atoms with Gasteiger partial charge in [0.2, 0.25) is 5.71 Å². The van der Waals surface area contributed by atoms with E-state index in [9.17, 15) is 19.8 Å². The minimum absolute atomic E-state index is 0.0120. The Bertz CT molecular complexity index is 957. The number of phenols is 1. The van der Waals surface area contributed by atoms with Crippen molar-refractivity contribution in [3.8, 4) is 16.9 Å². The standard InChI is InChI=1S/C20H20N2O5/c1-20(2,3)22(19(25)26)16-11-13(12-5-8-14(23)9-6-12)7-10-15(16)17(21-22)18(24)27-4/h5-11H,1-4H3,(H-,21,23,25,26)/p+1. The summed E-state index contributed by atoms with van der Waals surface area (Å²) in [5.74, 6) is -0.541. The van der Waals surface area contributed by atoms with Crippen molar-refractivity contribution >= 4 is 23.5 Å². The van der Waals surface area contributed by atoms with E-state index in [-0.39, 0.29) is 11.5 Å². The minimum Gasteiger partial charge on any atom is -0.508 e. The Kier molecular flexibility index (Phi) is 4.28. The summed E-state index contributed by atoms with van der Waals surface area (Å²) in [6.07, 6.45) is -1.19. The second kappa shape index (κ2) is 6.21. The van der Waals surface area contributed by atoms with Gasteiger partial charge in [0.05, 0.1) is 12.7 Å². The van der Waals surface area contributed by atoms with Gasteiger partial charge in [0.25, 0.3) is 0 Å². The number of phenolic OH excluding ortho intramolecular Hbond substituents is 1. The predicted octanol–water partition coefficient (Wildman–Crippen LogP) is 3.73. The number of rotatable bonds is 2. The van der Waals surface area contributed by atoms with Gasteiger partial charge >= 0.3 is 12.1 Å². The van der Waals surface area contributed by atoms with Crippen LogP contribution in [0.2, 0.25) is 0 Å². The highest BCUT2D eigenvalue weighted by molar-refractivity contribution is 6.46. The summed E-state index contributed by atoms with van der Waals surface area (Å²) in [4.78, 5) is 24.6. The lowest BCUT2D eigenvalue weighted by Crippen LogP contribution is -2.60. The smallest absolute Gasteiger partial charge is 0.508 e. The largest absolute Gasteiger partial charge is 0.546 e. The molecule has 0 bridgehead atoms. The number of carboxylic acid groups (broad SMARTS) is 1. The molecule has 0 fully saturated rings. The van der Waals surface area contributed by atoms with Crippen molar-refractivity contribution in [1.29, 1.82) is 0 Å². The molecular weight excluding hydrogens is 348 g/mol. The van der Waals surface area contributed by atoms with Crippen LogP contribution < -0.4 is 4.59 Å². The van der Waals surface area contributed by atoms with E-state index in [1.165, 1.54) is 7.11 Å². The lowest BCUT2D eigenvalue weighted by Gasteiger charge is -2.35. The van der Waals surface area contributed by atoms with Gasteiger partial charge in [-0.05, 0) is 50.1 Å². The van der Waals surface area contributed by atoms with Crippen LogP contribution in [0.4, 0.5) is 10.5 Å². The number of amides is 1. The van der Waals surface area contributed by atoms with Gasteiger partial charge in [0, 0.05) is 6.07 Å². The Balaban J connectivity index is 2.29. The summed E-state index contributed by atoms with van der Waals surface area (Å²) < 4.78 is 4.04. The molecule has 3 rings (SSSR count). The first-order valence-corrected chi connectivity index (χ1v) is 8.37. The van der Waals surface area contributed by atoms with Crippen LogP contribution in [0.15, 0.2) is 47.6 Å². The van der Waals surface area contributed by atoms with Gasteiger partial charge < -0.3 is 14.9 Å². The highest BCUT2D eigenvalue weighted by Gasteiger charge is 2.58. The van der Waals surface area contributed by atoms with E-state index in [0.29, 0.717) is 11.3 Å². The SMILES string of the molecule is COC(=O)C1=N[N+](C(=O)O)(C(C)(C)C)c2cc(-c3ccc(O)cc3)ccc21. The first-order chi connectivity index (χ1) is 12.6. The van der Waals surface area contributed by atoms with Crippen molar-refractivity contribution in [2.45, 2.75) is 26.3 Å². The first kappa shape index (κ1) is 18.6. The van der Waals surface area contributed by atoms with Crippen molar-refractivity contribution < 1.29 is 24.5 Å². The van der Waals surface area contributed by atoms with E-state index in [0.717, 1.165) is 11.1 Å². The maximum absolute atomic E-state index is 12.4. The topological polar surface area (TPSA) is 96.2 Å². The fraction of sp³-hybridized carbons (Fsp3) is 0.250. The van der Waals surface area contributed by atoms with E-state index in [4.69, 9.17) is 4.74 Å². The summed E-state index contributed by atoms with van der Waals surface area (Å²) in [7, 11) is 1.24. The van der Waals surface area contributed by atoms with Crippen molar-refractivity contribution in [1.82, 2.24) is 4.59 Å². The fourth-order valence-electron chi connectivity index (χ4n) is 3.28. The molecule has 1 atom stereocenters. The Hall–Kier alpha value is -3.19. The molecule has 1 aliphatic rings. The molecular formula is C20H21N2O5+. The normalized spacial score (nSPS) is 18.6. The van der Waals surface area contributed by atoms with Crippen LogP contribution in [0.5, 0.6) is 5.75 Å². The maximum Gasteiger partial charge on any atom is 0.546 e. The Labute approximate surface area is 156 Å². The Morgan fingerprint density at radius 1 is 1.04 bits per heavy atom.